The van der Waals surface area contributed by atoms with Crippen molar-refractivity contribution in [2.24, 2.45) is 0 Å². The second kappa shape index (κ2) is 7.98. The molecule has 0 aliphatic heterocycles. The highest BCUT2D eigenvalue weighted by Gasteiger charge is 2.14. The molecule has 0 fully saturated rings. The van der Waals surface area contributed by atoms with E-state index in [1.807, 2.05) is 12.1 Å². The molecule has 5 aromatic rings. The van der Waals surface area contributed by atoms with E-state index in [0.29, 0.717) is 27.8 Å². The molecular formula is C25H14ClFO5. The molecule has 0 radical (unpaired) electrons. The van der Waals surface area contributed by atoms with Gasteiger partial charge < -0.3 is 13.6 Å². The smallest absolute Gasteiger partial charge is 0.344 e. The number of rotatable bonds is 4. The lowest BCUT2D eigenvalue weighted by Crippen LogP contribution is -2.06. The van der Waals surface area contributed by atoms with E-state index in [0.717, 1.165) is 5.39 Å². The Labute approximate surface area is 185 Å². The molecule has 0 unspecified atom stereocenters. The van der Waals surface area contributed by atoms with Crippen LogP contribution in [-0.2, 0) is 6.61 Å². The van der Waals surface area contributed by atoms with Crippen molar-refractivity contribution >= 4 is 33.5 Å². The van der Waals surface area contributed by atoms with E-state index < -0.39 is 17.1 Å². The number of fused-ring (bicyclic) bond motifs is 2. The summed E-state index contributed by atoms with van der Waals surface area (Å²) in [5.74, 6) is -0.0133. The molecule has 0 spiro atoms. The summed E-state index contributed by atoms with van der Waals surface area (Å²) in [4.78, 5) is 24.8. The van der Waals surface area contributed by atoms with Crippen molar-refractivity contribution in [2.45, 2.75) is 6.61 Å². The van der Waals surface area contributed by atoms with Gasteiger partial charge in [-0.25, -0.2) is 14.0 Å². The Morgan fingerprint density at radius 1 is 0.844 bits per heavy atom. The Morgan fingerprint density at radius 3 is 2.53 bits per heavy atom. The first kappa shape index (κ1) is 20.0. The summed E-state index contributed by atoms with van der Waals surface area (Å²) in [7, 11) is 0. The van der Waals surface area contributed by atoms with E-state index in [2.05, 4.69) is 0 Å². The number of hydrogen-bond acceptors (Lipinski definition) is 5. The van der Waals surface area contributed by atoms with Crippen LogP contribution in [0.5, 0.6) is 5.75 Å². The average molecular weight is 449 g/mol. The Morgan fingerprint density at radius 2 is 1.69 bits per heavy atom. The first-order chi connectivity index (χ1) is 15.5. The van der Waals surface area contributed by atoms with E-state index in [9.17, 15) is 14.0 Å². The van der Waals surface area contributed by atoms with Crippen molar-refractivity contribution in [2.75, 3.05) is 0 Å². The molecule has 0 bridgehead atoms. The van der Waals surface area contributed by atoms with Gasteiger partial charge in [-0.2, -0.15) is 0 Å². The van der Waals surface area contributed by atoms with Crippen LogP contribution in [0.25, 0.3) is 33.1 Å². The van der Waals surface area contributed by atoms with Crippen molar-refractivity contribution < 1.29 is 18.0 Å². The first-order valence-corrected chi connectivity index (χ1v) is 10.0. The van der Waals surface area contributed by atoms with Crippen LogP contribution in [-0.4, -0.2) is 0 Å². The minimum absolute atomic E-state index is 0.100. The molecule has 0 N–H and O–H groups in total. The number of benzene rings is 3. The van der Waals surface area contributed by atoms with Gasteiger partial charge in [0.15, 0.2) is 0 Å². The van der Waals surface area contributed by atoms with Crippen LogP contribution in [0.15, 0.2) is 91.2 Å². The molecule has 0 aliphatic carbocycles. The van der Waals surface area contributed by atoms with Gasteiger partial charge in [-0.1, -0.05) is 35.9 Å². The van der Waals surface area contributed by atoms with Crippen LogP contribution in [0.3, 0.4) is 0 Å². The van der Waals surface area contributed by atoms with E-state index in [-0.39, 0.29) is 22.8 Å². The molecule has 2 aromatic heterocycles. The van der Waals surface area contributed by atoms with Gasteiger partial charge >= 0.3 is 11.3 Å². The average Bonchev–Trinajstić information content (AvgIpc) is 2.77. The summed E-state index contributed by atoms with van der Waals surface area (Å²) in [5.41, 5.74) is 0.821. The van der Waals surface area contributed by atoms with Crippen LogP contribution in [0.2, 0.25) is 5.02 Å². The topological polar surface area (TPSA) is 69.7 Å². The Kier molecular flexibility index (Phi) is 4.99. The maximum atomic E-state index is 13.2. The highest BCUT2D eigenvalue weighted by molar-refractivity contribution is 6.31. The third kappa shape index (κ3) is 3.76. The first-order valence-electron chi connectivity index (χ1n) is 9.66. The number of ether oxygens (including phenoxy) is 1. The molecule has 3 aromatic carbocycles. The summed E-state index contributed by atoms with van der Waals surface area (Å²) in [6, 6.07) is 19.1. The van der Waals surface area contributed by atoms with E-state index in [4.69, 9.17) is 25.2 Å². The fraction of sp³-hybridized carbons (Fsp3) is 0.0400. The van der Waals surface area contributed by atoms with Crippen LogP contribution in [0, 0.1) is 5.82 Å². The van der Waals surface area contributed by atoms with Crippen molar-refractivity contribution in [1.29, 1.82) is 0 Å². The van der Waals surface area contributed by atoms with Gasteiger partial charge in [-0.05, 0) is 36.4 Å². The fourth-order valence-electron chi connectivity index (χ4n) is 3.51. The van der Waals surface area contributed by atoms with E-state index >= 15 is 0 Å². The molecule has 0 saturated heterocycles. The number of para-hydroxylation sites is 1. The second-order valence-corrected chi connectivity index (χ2v) is 7.55. The predicted octanol–water partition coefficient (Wildman–Crippen LogP) is 5.94. The van der Waals surface area contributed by atoms with Crippen LogP contribution in [0.1, 0.15) is 5.56 Å². The molecule has 0 atom stereocenters. The molecule has 2 heterocycles. The zero-order valence-electron chi connectivity index (χ0n) is 16.4. The monoisotopic (exact) mass is 448 g/mol. The highest BCUT2D eigenvalue weighted by Crippen LogP contribution is 2.30. The van der Waals surface area contributed by atoms with Crippen molar-refractivity contribution in [1.82, 2.24) is 0 Å². The molecule has 5 nitrogen and oxygen atoms in total. The quantitative estimate of drug-likeness (QED) is 0.318. The second-order valence-electron chi connectivity index (χ2n) is 7.15. The van der Waals surface area contributed by atoms with Gasteiger partial charge in [0.25, 0.3) is 0 Å². The Hall–Kier alpha value is -3.90. The van der Waals surface area contributed by atoms with Gasteiger partial charge in [0.2, 0.25) is 0 Å². The molecule has 0 saturated carbocycles. The maximum absolute atomic E-state index is 13.2. The summed E-state index contributed by atoms with van der Waals surface area (Å²) in [6.07, 6.45) is 0. The molecule has 5 rings (SSSR count). The SMILES string of the molecule is O=c1cc(-c2cc3ccccc3oc2=O)c2ccc(OCc3ccc(F)cc3Cl)cc2o1. The zero-order chi connectivity index (χ0) is 22.2. The maximum Gasteiger partial charge on any atom is 0.344 e. The van der Waals surface area contributed by atoms with Gasteiger partial charge in [0.1, 0.15) is 29.3 Å². The molecular weight excluding hydrogens is 435 g/mol. The molecule has 7 heteroatoms. The number of halogens is 2. The van der Waals surface area contributed by atoms with E-state index in [1.54, 1.807) is 36.4 Å². The molecule has 0 aliphatic rings. The lowest BCUT2D eigenvalue weighted by Gasteiger charge is -2.10. The minimum Gasteiger partial charge on any atom is -0.489 e. The summed E-state index contributed by atoms with van der Waals surface area (Å²) in [6.45, 7) is 0.100. The van der Waals surface area contributed by atoms with Gasteiger partial charge in [0.05, 0.1) is 10.6 Å². The highest BCUT2D eigenvalue weighted by atomic mass is 35.5. The van der Waals surface area contributed by atoms with Gasteiger partial charge in [-0.15, -0.1) is 0 Å². The zero-order valence-corrected chi connectivity index (χ0v) is 17.2. The van der Waals surface area contributed by atoms with Crippen LogP contribution >= 0.6 is 11.6 Å². The largest absolute Gasteiger partial charge is 0.489 e. The summed E-state index contributed by atoms with van der Waals surface area (Å²) < 4.78 is 29.7. The molecule has 32 heavy (non-hydrogen) atoms. The van der Waals surface area contributed by atoms with Gasteiger partial charge in [-0.3, -0.25) is 0 Å². The molecule has 158 valence electrons. The molecule has 0 amide bonds. The minimum atomic E-state index is -0.612. The van der Waals surface area contributed by atoms with Crippen molar-refractivity contribution in [3.05, 3.63) is 110 Å². The normalized spacial score (nSPS) is 11.2. The van der Waals surface area contributed by atoms with Crippen LogP contribution < -0.4 is 16.0 Å². The third-order valence-electron chi connectivity index (χ3n) is 5.06. The van der Waals surface area contributed by atoms with Gasteiger partial charge in [0, 0.05) is 34.0 Å². The fourth-order valence-corrected chi connectivity index (χ4v) is 3.73. The summed E-state index contributed by atoms with van der Waals surface area (Å²) in [5, 5.41) is 1.54. The predicted molar refractivity (Wildman–Crippen MR) is 120 cm³/mol. The third-order valence-corrected chi connectivity index (χ3v) is 5.41. The van der Waals surface area contributed by atoms with Crippen molar-refractivity contribution in [3.8, 4) is 16.9 Å². The number of hydrogen-bond donors (Lipinski definition) is 0. The summed E-state index contributed by atoms with van der Waals surface area (Å²) >= 11 is 6.04. The lowest BCUT2D eigenvalue weighted by atomic mass is 10.0. The Balaban J connectivity index is 1.55. The van der Waals surface area contributed by atoms with Crippen molar-refractivity contribution in [3.63, 3.8) is 0 Å². The van der Waals surface area contributed by atoms with E-state index in [1.165, 1.54) is 24.3 Å². The van der Waals surface area contributed by atoms with Crippen LogP contribution in [0.4, 0.5) is 4.39 Å². The Bertz CT molecular complexity index is 1600. The standard InChI is InChI=1S/C25H14ClFO5/c26-21-10-16(27)6-5-15(21)13-30-17-7-8-18-19(12-24(28)31-23(18)11-17)20-9-14-3-1-2-4-22(14)32-25(20)29/h1-12H,13H2. The lowest BCUT2D eigenvalue weighted by molar-refractivity contribution is 0.306.